The highest BCUT2D eigenvalue weighted by atomic mass is 15.3. The third-order valence-corrected chi connectivity index (χ3v) is 2.74. The van der Waals surface area contributed by atoms with Crippen molar-refractivity contribution in [3.05, 3.63) is 42.1 Å². The van der Waals surface area contributed by atoms with Crippen LogP contribution in [-0.2, 0) is 6.54 Å². The van der Waals surface area contributed by atoms with E-state index in [1.54, 1.807) is 6.20 Å². The standard InChI is InChI=1S/C12H13N7/c13-18-12-16-10(9-7-15-19-11(9)17-12)14-6-8-4-2-1-3-5-8/h1-5,7H,6,13H2,(H3,14,15,16,17,18,19). The Morgan fingerprint density at radius 1 is 1.16 bits per heavy atom. The molecular weight excluding hydrogens is 242 g/mol. The number of benzene rings is 1. The summed E-state index contributed by atoms with van der Waals surface area (Å²) in [6, 6.07) is 10.1. The first-order valence-corrected chi connectivity index (χ1v) is 5.82. The van der Waals surface area contributed by atoms with Gasteiger partial charge >= 0.3 is 0 Å². The van der Waals surface area contributed by atoms with Crippen LogP contribution in [0.25, 0.3) is 11.0 Å². The SMILES string of the molecule is NNc1nc(NCc2ccccc2)c2cn[nH]c2n1. The average molecular weight is 255 g/mol. The smallest absolute Gasteiger partial charge is 0.241 e. The number of nitrogens with one attached hydrogen (secondary N) is 3. The number of aromatic nitrogens is 4. The largest absolute Gasteiger partial charge is 0.365 e. The number of hydrogen-bond acceptors (Lipinski definition) is 6. The summed E-state index contributed by atoms with van der Waals surface area (Å²) in [6.45, 7) is 0.669. The van der Waals surface area contributed by atoms with Crippen LogP contribution < -0.4 is 16.6 Å². The van der Waals surface area contributed by atoms with Gasteiger partial charge in [-0.2, -0.15) is 15.1 Å². The highest BCUT2D eigenvalue weighted by Gasteiger charge is 2.08. The number of nitrogens with two attached hydrogens (primary N) is 1. The lowest BCUT2D eigenvalue weighted by atomic mass is 10.2. The van der Waals surface area contributed by atoms with Crippen molar-refractivity contribution >= 4 is 22.8 Å². The van der Waals surface area contributed by atoms with Gasteiger partial charge in [-0.25, -0.2) is 5.84 Å². The number of nitrogens with zero attached hydrogens (tertiary/aromatic N) is 3. The molecule has 7 heteroatoms. The molecule has 0 saturated heterocycles. The van der Waals surface area contributed by atoms with Crippen LogP contribution in [0.15, 0.2) is 36.5 Å². The van der Waals surface area contributed by atoms with Gasteiger partial charge in [0.1, 0.15) is 5.82 Å². The fourth-order valence-electron chi connectivity index (χ4n) is 1.82. The van der Waals surface area contributed by atoms with Gasteiger partial charge in [0, 0.05) is 6.54 Å². The van der Waals surface area contributed by atoms with Crippen molar-refractivity contribution in [2.75, 3.05) is 10.7 Å². The summed E-state index contributed by atoms with van der Waals surface area (Å²) < 4.78 is 0. The summed E-state index contributed by atoms with van der Waals surface area (Å²) in [4.78, 5) is 8.45. The first-order chi connectivity index (χ1) is 9.36. The van der Waals surface area contributed by atoms with E-state index in [0.29, 0.717) is 24.0 Å². The van der Waals surface area contributed by atoms with E-state index in [-0.39, 0.29) is 0 Å². The van der Waals surface area contributed by atoms with Gasteiger partial charge < -0.3 is 5.32 Å². The Labute approximate surface area is 109 Å². The molecule has 3 rings (SSSR count). The minimum absolute atomic E-state index is 0.340. The van der Waals surface area contributed by atoms with E-state index >= 15 is 0 Å². The zero-order chi connectivity index (χ0) is 13.1. The van der Waals surface area contributed by atoms with Crippen LogP contribution in [0.3, 0.4) is 0 Å². The van der Waals surface area contributed by atoms with Crippen molar-refractivity contribution in [3.63, 3.8) is 0 Å². The number of H-pyrrole nitrogens is 1. The summed E-state index contributed by atoms with van der Waals surface area (Å²) in [5.41, 5.74) is 4.24. The van der Waals surface area contributed by atoms with Crippen LogP contribution in [0, 0.1) is 0 Å². The molecule has 2 heterocycles. The number of hydrogen-bond donors (Lipinski definition) is 4. The summed E-state index contributed by atoms with van der Waals surface area (Å²) >= 11 is 0. The number of aromatic amines is 1. The molecule has 0 bridgehead atoms. The van der Waals surface area contributed by atoms with Crippen molar-refractivity contribution in [1.29, 1.82) is 0 Å². The van der Waals surface area contributed by atoms with E-state index in [1.807, 2.05) is 30.3 Å². The summed E-state index contributed by atoms with van der Waals surface area (Å²) in [5, 5.41) is 10.8. The molecule has 0 unspecified atom stereocenters. The van der Waals surface area contributed by atoms with E-state index < -0.39 is 0 Å². The second kappa shape index (κ2) is 4.91. The first kappa shape index (κ1) is 11.4. The predicted octanol–water partition coefficient (Wildman–Crippen LogP) is 1.25. The molecule has 2 aromatic heterocycles. The molecule has 3 aromatic rings. The van der Waals surface area contributed by atoms with E-state index in [2.05, 4.69) is 30.9 Å². The molecule has 1 aromatic carbocycles. The van der Waals surface area contributed by atoms with Crippen LogP contribution in [0.4, 0.5) is 11.8 Å². The van der Waals surface area contributed by atoms with Crippen molar-refractivity contribution < 1.29 is 0 Å². The molecule has 0 spiro atoms. The molecular formula is C12H13N7. The Kier molecular flexibility index (Phi) is 2.95. The van der Waals surface area contributed by atoms with Gasteiger partial charge in [-0.15, -0.1) is 0 Å². The fourth-order valence-corrected chi connectivity index (χ4v) is 1.82. The number of nitrogen functional groups attached to an aromatic ring is 1. The van der Waals surface area contributed by atoms with Crippen LogP contribution in [0.5, 0.6) is 0 Å². The lowest BCUT2D eigenvalue weighted by molar-refractivity contribution is 1.07. The molecule has 0 amide bonds. The van der Waals surface area contributed by atoms with Gasteiger partial charge in [-0.1, -0.05) is 30.3 Å². The molecule has 0 radical (unpaired) electrons. The van der Waals surface area contributed by atoms with Gasteiger partial charge in [0.2, 0.25) is 5.95 Å². The second-order valence-electron chi connectivity index (χ2n) is 4.01. The quantitative estimate of drug-likeness (QED) is 0.413. The maximum Gasteiger partial charge on any atom is 0.241 e. The van der Waals surface area contributed by atoms with Gasteiger partial charge in [0.05, 0.1) is 11.6 Å². The van der Waals surface area contributed by atoms with E-state index in [0.717, 1.165) is 5.39 Å². The maximum atomic E-state index is 5.35. The number of fused-ring (bicyclic) bond motifs is 1. The molecule has 0 saturated carbocycles. The van der Waals surface area contributed by atoms with E-state index in [9.17, 15) is 0 Å². The summed E-state index contributed by atoms with van der Waals surface area (Å²) in [6.07, 6.45) is 1.68. The van der Waals surface area contributed by atoms with Crippen molar-refractivity contribution in [2.45, 2.75) is 6.54 Å². The molecule has 0 aliphatic heterocycles. The van der Waals surface area contributed by atoms with E-state index in [1.165, 1.54) is 5.56 Å². The van der Waals surface area contributed by atoms with Crippen molar-refractivity contribution in [3.8, 4) is 0 Å². The topological polar surface area (TPSA) is 105 Å². The number of anilines is 2. The Morgan fingerprint density at radius 2 is 2.00 bits per heavy atom. The second-order valence-corrected chi connectivity index (χ2v) is 4.01. The lowest BCUT2D eigenvalue weighted by Gasteiger charge is -2.08. The Bertz CT molecular complexity index is 677. The summed E-state index contributed by atoms with van der Waals surface area (Å²) in [5.74, 6) is 6.38. The molecule has 0 fully saturated rings. The normalized spacial score (nSPS) is 10.6. The monoisotopic (exact) mass is 255 g/mol. The minimum atomic E-state index is 0.340. The Balaban J connectivity index is 1.89. The first-order valence-electron chi connectivity index (χ1n) is 5.82. The molecule has 96 valence electrons. The molecule has 5 N–H and O–H groups in total. The molecule has 0 atom stereocenters. The Morgan fingerprint density at radius 3 is 2.79 bits per heavy atom. The number of rotatable bonds is 4. The molecule has 0 aliphatic rings. The third kappa shape index (κ3) is 2.31. The number of hydrazine groups is 1. The van der Waals surface area contributed by atoms with Gasteiger partial charge in [0.25, 0.3) is 0 Å². The van der Waals surface area contributed by atoms with Gasteiger partial charge in [-0.3, -0.25) is 10.5 Å². The molecule has 0 aliphatic carbocycles. The molecule has 19 heavy (non-hydrogen) atoms. The van der Waals surface area contributed by atoms with Crippen LogP contribution in [0.1, 0.15) is 5.56 Å². The van der Waals surface area contributed by atoms with Crippen LogP contribution in [-0.4, -0.2) is 20.2 Å². The van der Waals surface area contributed by atoms with E-state index in [4.69, 9.17) is 5.84 Å². The maximum absolute atomic E-state index is 5.35. The van der Waals surface area contributed by atoms with Gasteiger partial charge in [-0.05, 0) is 5.56 Å². The summed E-state index contributed by atoms with van der Waals surface area (Å²) in [7, 11) is 0. The Hall–Kier alpha value is -2.67. The lowest BCUT2D eigenvalue weighted by Crippen LogP contribution is -2.12. The zero-order valence-electron chi connectivity index (χ0n) is 10.1. The van der Waals surface area contributed by atoms with Crippen molar-refractivity contribution in [1.82, 2.24) is 20.2 Å². The third-order valence-electron chi connectivity index (χ3n) is 2.74. The predicted molar refractivity (Wildman–Crippen MR) is 73.3 cm³/mol. The van der Waals surface area contributed by atoms with Gasteiger partial charge in [0.15, 0.2) is 5.65 Å². The highest BCUT2D eigenvalue weighted by molar-refractivity contribution is 5.86. The zero-order valence-corrected chi connectivity index (χ0v) is 10.1. The average Bonchev–Trinajstić information content (AvgIpc) is 2.94. The molecule has 7 nitrogen and oxygen atoms in total. The van der Waals surface area contributed by atoms with Crippen molar-refractivity contribution in [2.24, 2.45) is 5.84 Å². The highest BCUT2D eigenvalue weighted by Crippen LogP contribution is 2.20. The fraction of sp³-hybridized carbons (Fsp3) is 0.0833. The van der Waals surface area contributed by atoms with Crippen LogP contribution in [0.2, 0.25) is 0 Å². The minimum Gasteiger partial charge on any atom is -0.365 e. The van der Waals surface area contributed by atoms with Crippen LogP contribution >= 0.6 is 0 Å².